The first-order valence-electron chi connectivity index (χ1n) is 6.68. The molecule has 1 aliphatic carbocycles. The lowest BCUT2D eigenvalue weighted by atomic mass is 10.0. The van der Waals surface area contributed by atoms with Crippen molar-refractivity contribution in [2.75, 3.05) is 7.11 Å². The van der Waals surface area contributed by atoms with Gasteiger partial charge in [-0.25, -0.2) is 5.43 Å². The molecule has 4 nitrogen and oxygen atoms in total. The Morgan fingerprint density at radius 1 is 1.30 bits per heavy atom. The molecule has 0 bridgehead atoms. The highest BCUT2D eigenvalue weighted by Gasteiger charge is 2.29. The first kappa shape index (κ1) is 12.7. The van der Waals surface area contributed by atoms with Gasteiger partial charge in [-0.3, -0.25) is 4.79 Å². The van der Waals surface area contributed by atoms with E-state index in [0.717, 1.165) is 34.9 Å². The van der Waals surface area contributed by atoms with E-state index in [9.17, 15) is 4.79 Å². The summed E-state index contributed by atoms with van der Waals surface area (Å²) in [5.41, 5.74) is 3.46. The first-order valence-corrected chi connectivity index (χ1v) is 6.68. The number of fused-ring (bicyclic) bond motifs is 1. The number of ether oxygens (including phenoxy) is 1. The van der Waals surface area contributed by atoms with Gasteiger partial charge in [0.05, 0.1) is 13.3 Å². The summed E-state index contributed by atoms with van der Waals surface area (Å²) in [6.07, 6.45) is 3.60. The molecule has 0 unspecified atom stereocenters. The minimum Gasteiger partial charge on any atom is -0.496 e. The van der Waals surface area contributed by atoms with E-state index in [-0.39, 0.29) is 11.8 Å². The van der Waals surface area contributed by atoms with Crippen LogP contribution in [0.3, 0.4) is 0 Å². The van der Waals surface area contributed by atoms with Gasteiger partial charge < -0.3 is 4.74 Å². The Labute approximate surface area is 117 Å². The van der Waals surface area contributed by atoms with Crippen molar-refractivity contribution in [2.45, 2.75) is 12.8 Å². The summed E-state index contributed by atoms with van der Waals surface area (Å²) in [5, 5.41) is 6.22. The van der Waals surface area contributed by atoms with Gasteiger partial charge in [-0.1, -0.05) is 30.3 Å². The summed E-state index contributed by atoms with van der Waals surface area (Å²) >= 11 is 0. The van der Waals surface area contributed by atoms with E-state index in [1.165, 1.54) is 0 Å². The van der Waals surface area contributed by atoms with Crippen molar-refractivity contribution >= 4 is 22.9 Å². The normalized spacial score (nSPS) is 14.7. The number of hydrazone groups is 1. The van der Waals surface area contributed by atoms with Crippen molar-refractivity contribution in [2.24, 2.45) is 11.0 Å². The Hall–Kier alpha value is -2.36. The minimum atomic E-state index is 0.000420. The molecule has 0 radical (unpaired) electrons. The van der Waals surface area contributed by atoms with Crippen LogP contribution in [0.1, 0.15) is 18.4 Å². The molecule has 2 aromatic carbocycles. The average molecular weight is 268 g/mol. The van der Waals surface area contributed by atoms with Gasteiger partial charge in [0.15, 0.2) is 0 Å². The molecular formula is C16H16N2O2. The predicted octanol–water partition coefficient (Wildman–Crippen LogP) is 2.71. The van der Waals surface area contributed by atoms with Crippen molar-refractivity contribution in [3.05, 3.63) is 42.0 Å². The van der Waals surface area contributed by atoms with E-state index in [2.05, 4.69) is 10.5 Å². The van der Waals surface area contributed by atoms with Crippen LogP contribution in [-0.4, -0.2) is 19.2 Å². The van der Waals surface area contributed by atoms with Crippen molar-refractivity contribution in [3.63, 3.8) is 0 Å². The summed E-state index contributed by atoms with van der Waals surface area (Å²) in [4.78, 5) is 11.6. The monoisotopic (exact) mass is 268 g/mol. The molecule has 3 rings (SSSR count). The number of amides is 1. The smallest absolute Gasteiger partial charge is 0.243 e. The Bertz CT molecular complexity index is 675. The molecule has 1 amide bonds. The van der Waals surface area contributed by atoms with E-state index in [1.807, 2.05) is 36.4 Å². The summed E-state index contributed by atoms with van der Waals surface area (Å²) in [6.45, 7) is 0. The van der Waals surface area contributed by atoms with Crippen molar-refractivity contribution in [1.29, 1.82) is 0 Å². The number of carbonyl (C=O) groups is 1. The van der Waals surface area contributed by atoms with Crippen LogP contribution in [-0.2, 0) is 4.79 Å². The summed E-state index contributed by atoms with van der Waals surface area (Å²) in [6, 6.07) is 11.9. The van der Waals surface area contributed by atoms with Gasteiger partial charge >= 0.3 is 0 Å². The number of nitrogens with one attached hydrogen (secondary N) is 1. The Balaban J connectivity index is 1.91. The van der Waals surface area contributed by atoms with E-state index < -0.39 is 0 Å². The number of carbonyl (C=O) groups excluding carboxylic acids is 1. The number of rotatable bonds is 4. The molecule has 2 aromatic rings. The third-order valence-electron chi connectivity index (χ3n) is 3.47. The fraction of sp³-hybridized carbons (Fsp3) is 0.250. The number of benzene rings is 2. The van der Waals surface area contributed by atoms with Gasteiger partial charge in [0.2, 0.25) is 5.91 Å². The maximum absolute atomic E-state index is 11.6. The molecule has 0 saturated heterocycles. The van der Waals surface area contributed by atoms with Gasteiger partial charge in [-0.15, -0.1) is 0 Å². The predicted molar refractivity (Wildman–Crippen MR) is 79.0 cm³/mol. The van der Waals surface area contributed by atoms with Crippen LogP contribution in [0.2, 0.25) is 0 Å². The maximum atomic E-state index is 11.6. The van der Waals surface area contributed by atoms with Crippen LogP contribution >= 0.6 is 0 Å². The van der Waals surface area contributed by atoms with Crippen LogP contribution < -0.4 is 10.2 Å². The molecule has 0 heterocycles. The maximum Gasteiger partial charge on any atom is 0.243 e. The molecule has 1 aliphatic rings. The SMILES string of the molecule is COc1ccc2ccccc2c1/C=N\NC(=O)C1CC1. The lowest BCUT2D eigenvalue weighted by molar-refractivity contribution is -0.122. The standard InChI is InChI=1S/C16H16N2O2/c1-20-15-9-8-11-4-2-3-5-13(11)14(15)10-17-18-16(19)12-6-7-12/h2-5,8-10,12H,6-7H2,1H3,(H,18,19)/b17-10-. The van der Waals surface area contributed by atoms with Crippen LogP contribution in [0.5, 0.6) is 5.75 Å². The van der Waals surface area contributed by atoms with Crippen molar-refractivity contribution in [3.8, 4) is 5.75 Å². The van der Waals surface area contributed by atoms with E-state index >= 15 is 0 Å². The zero-order chi connectivity index (χ0) is 13.9. The third kappa shape index (κ3) is 2.50. The lowest BCUT2D eigenvalue weighted by Crippen LogP contribution is -2.19. The highest BCUT2D eigenvalue weighted by Crippen LogP contribution is 2.29. The minimum absolute atomic E-state index is 0.000420. The molecular weight excluding hydrogens is 252 g/mol. The zero-order valence-corrected chi connectivity index (χ0v) is 11.3. The van der Waals surface area contributed by atoms with Crippen LogP contribution in [0.4, 0.5) is 0 Å². The number of hydrogen-bond donors (Lipinski definition) is 1. The number of methoxy groups -OCH3 is 1. The zero-order valence-electron chi connectivity index (χ0n) is 11.3. The quantitative estimate of drug-likeness (QED) is 0.684. The largest absolute Gasteiger partial charge is 0.496 e. The van der Waals surface area contributed by atoms with Gasteiger partial charge in [-0.2, -0.15) is 5.10 Å². The molecule has 0 atom stereocenters. The fourth-order valence-electron chi connectivity index (χ4n) is 2.18. The molecule has 20 heavy (non-hydrogen) atoms. The van der Waals surface area contributed by atoms with Crippen LogP contribution in [0.25, 0.3) is 10.8 Å². The Morgan fingerprint density at radius 2 is 2.10 bits per heavy atom. The second kappa shape index (κ2) is 5.33. The van der Waals surface area contributed by atoms with E-state index in [0.29, 0.717) is 0 Å². The van der Waals surface area contributed by atoms with Gasteiger partial charge in [0.1, 0.15) is 5.75 Å². The van der Waals surface area contributed by atoms with Crippen LogP contribution in [0.15, 0.2) is 41.5 Å². The van der Waals surface area contributed by atoms with Gasteiger partial charge in [0.25, 0.3) is 0 Å². The molecule has 1 N–H and O–H groups in total. The van der Waals surface area contributed by atoms with Crippen molar-refractivity contribution < 1.29 is 9.53 Å². The summed E-state index contributed by atoms with van der Waals surface area (Å²) in [5.74, 6) is 0.898. The highest BCUT2D eigenvalue weighted by atomic mass is 16.5. The Kier molecular flexibility index (Phi) is 3.37. The molecule has 1 fully saturated rings. The number of nitrogens with zero attached hydrogens (tertiary/aromatic N) is 1. The van der Waals surface area contributed by atoms with Crippen LogP contribution in [0, 0.1) is 5.92 Å². The van der Waals surface area contributed by atoms with E-state index in [1.54, 1.807) is 13.3 Å². The topological polar surface area (TPSA) is 50.7 Å². The van der Waals surface area contributed by atoms with Crippen molar-refractivity contribution in [1.82, 2.24) is 5.43 Å². The molecule has 4 heteroatoms. The Morgan fingerprint density at radius 3 is 2.85 bits per heavy atom. The number of hydrogen-bond acceptors (Lipinski definition) is 3. The molecule has 0 aliphatic heterocycles. The van der Waals surface area contributed by atoms with Gasteiger partial charge in [-0.05, 0) is 29.7 Å². The fourth-order valence-corrected chi connectivity index (χ4v) is 2.18. The molecule has 0 aromatic heterocycles. The lowest BCUT2D eigenvalue weighted by Gasteiger charge is -2.08. The summed E-state index contributed by atoms with van der Waals surface area (Å²) < 4.78 is 5.37. The first-order chi connectivity index (χ1) is 9.79. The molecule has 1 saturated carbocycles. The molecule has 102 valence electrons. The van der Waals surface area contributed by atoms with E-state index in [4.69, 9.17) is 4.74 Å². The summed E-state index contributed by atoms with van der Waals surface area (Å²) in [7, 11) is 1.63. The highest BCUT2D eigenvalue weighted by molar-refractivity contribution is 6.02. The average Bonchev–Trinajstić information content (AvgIpc) is 3.32. The molecule has 0 spiro atoms. The second-order valence-electron chi connectivity index (χ2n) is 4.91. The second-order valence-corrected chi connectivity index (χ2v) is 4.91. The van der Waals surface area contributed by atoms with Gasteiger partial charge in [0, 0.05) is 11.5 Å². The third-order valence-corrected chi connectivity index (χ3v) is 3.47.